The average molecular weight is 341 g/mol. The molecule has 1 aromatic rings. The summed E-state index contributed by atoms with van der Waals surface area (Å²) in [7, 11) is 6.38. The summed E-state index contributed by atoms with van der Waals surface area (Å²) in [6.07, 6.45) is -0.332. The van der Waals surface area contributed by atoms with Gasteiger partial charge in [-0.3, -0.25) is 19.1 Å². The van der Waals surface area contributed by atoms with Gasteiger partial charge in [-0.2, -0.15) is 19.2 Å². The second-order valence-electron chi connectivity index (χ2n) is 4.98. The smallest absolute Gasteiger partial charge is 0.353 e. The molecule has 4 N–H and O–H groups in total. The Labute approximate surface area is 132 Å². The van der Waals surface area contributed by atoms with Gasteiger partial charge in [-0.05, 0) is 12.8 Å². The van der Waals surface area contributed by atoms with Crippen molar-refractivity contribution in [3.8, 4) is 0 Å². The maximum Gasteiger partial charge on any atom is 0.566 e. The quantitative estimate of drug-likeness (QED) is 0.265. The highest BCUT2D eigenvalue weighted by molar-refractivity contribution is 7.53. The van der Waals surface area contributed by atoms with Crippen LogP contribution in [0, 0.1) is 0 Å². The fourth-order valence-corrected chi connectivity index (χ4v) is 2.77. The minimum Gasteiger partial charge on any atom is -0.353 e. The van der Waals surface area contributed by atoms with Crippen LogP contribution in [0.1, 0.15) is 29.4 Å². The number of hydrogen-bond acceptors (Lipinski definition) is 8. The van der Waals surface area contributed by atoms with Gasteiger partial charge in [0, 0.05) is 6.20 Å². The van der Waals surface area contributed by atoms with Gasteiger partial charge >= 0.3 is 13.9 Å². The van der Waals surface area contributed by atoms with Crippen LogP contribution in [-0.4, -0.2) is 57.7 Å². The first-order chi connectivity index (χ1) is 10.5. The van der Waals surface area contributed by atoms with Gasteiger partial charge < -0.3 is 4.74 Å². The zero-order valence-corrected chi connectivity index (χ0v) is 12.6. The van der Waals surface area contributed by atoms with E-state index < -0.39 is 37.2 Å². The summed E-state index contributed by atoms with van der Waals surface area (Å²) in [6, 6.07) is 0. The first kappa shape index (κ1) is 18.1. The number of ether oxygens (including phenoxy) is 1. The molecule has 4 radical (unpaired) electrons. The van der Waals surface area contributed by atoms with Crippen LogP contribution in [-0.2, 0) is 9.26 Å². The normalized spacial score (nSPS) is 22.2. The van der Waals surface area contributed by atoms with Crippen LogP contribution in [0.3, 0.4) is 0 Å². The summed E-state index contributed by atoms with van der Waals surface area (Å²) in [5.74, 6) is 0. The highest BCUT2D eigenvalue weighted by Crippen LogP contribution is 2.50. The van der Waals surface area contributed by atoms with Gasteiger partial charge in [0.2, 0.25) is 0 Å². The molecule has 120 valence electrons. The fourth-order valence-electron chi connectivity index (χ4n) is 2.23. The summed E-state index contributed by atoms with van der Waals surface area (Å²) in [5, 5.41) is -2.22. The number of aromatic nitrogens is 2. The Morgan fingerprint density at radius 3 is 2.61 bits per heavy atom. The van der Waals surface area contributed by atoms with E-state index >= 15 is 0 Å². The predicted molar refractivity (Wildman–Crippen MR) is 78.8 cm³/mol. The van der Waals surface area contributed by atoms with Crippen LogP contribution in [0.15, 0.2) is 15.8 Å². The van der Waals surface area contributed by atoms with Gasteiger partial charge in [-0.15, -0.1) is 0 Å². The van der Waals surface area contributed by atoms with Crippen molar-refractivity contribution < 1.29 is 28.7 Å². The van der Waals surface area contributed by atoms with Gasteiger partial charge in [-0.1, -0.05) is 0 Å². The molecule has 1 fully saturated rings. The Morgan fingerprint density at radius 1 is 1.39 bits per heavy atom. The molecule has 2 atom stereocenters. The van der Waals surface area contributed by atoms with E-state index in [2.05, 4.69) is 4.52 Å². The minimum absolute atomic E-state index is 0.152. The molecule has 1 aliphatic rings. The number of hydrogen-bond donors (Lipinski definition) is 4. The number of aromatic amines is 1. The molecule has 1 saturated heterocycles. The van der Waals surface area contributed by atoms with Gasteiger partial charge in [0.25, 0.3) is 5.56 Å². The maximum atomic E-state index is 11.8. The number of nitrogens with one attached hydrogen (secondary N) is 1. The summed E-state index contributed by atoms with van der Waals surface area (Å²) in [5.41, 5.74) is -1.91. The lowest BCUT2D eigenvalue weighted by atomic mass is 9.61. The average Bonchev–Trinajstić information content (AvgIpc) is 2.86. The zero-order valence-electron chi connectivity index (χ0n) is 11.7. The molecule has 10 nitrogen and oxygen atoms in total. The van der Waals surface area contributed by atoms with E-state index in [1.807, 2.05) is 4.98 Å². The molecule has 0 bridgehead atoms. The van der Waals surface area contributed by atoms with Gasteiger partial charge in [-0.25, -0.2) is 4.79 Å². The minimum atomic E-state index is -4.70. The van der Waals surface area contributed by atoms with Gasteiger partial charge in [0.05, 0.1) is 17.1 Å². The molecule has 1 aliphatic heterocycles. The van der Waals surface area contributed by atoms with Crippen molar-refractivity contribution in [2.75, 3.05) is 0 Å². The van der Waals surface area contributed by atoms with Gasteiger partial charge in [0.1, 0.15) is 21.9 Å². The molecular formula is C10H12B2N2O8P+. The predicted octanol–water partition coefficient (Wildman–Crippen LogP) is -2.31. The maximum absolute atomic E-state index is 11.8. The monoisotopic (exact) mass is 341 g/mol. The number of nitrogens with zero attached hydrogens (tertiary/aromatic N) is 1. The van der Waals surface area contributed by atoms with E-state index in [0.717, 1.165) is 10.8 Å². The molecule has 0 spiro atoms. The van der Waals surface area contributed by atoms with Crippen molar-refractivity contribution in [3.63, 3.8) is 0 Å². The highest BCUT2D eigenvalue weighted by atomic mass is 31.2. The Balaban J connectivity index is 2.22. The lowest BCUT2D eigenvalue weighted by Crippen LogP contribution is -2.46. The number of carbonyl (C=O) groups is 1. The highest BCUT2D eigenvalue weighted by Gasteiger charge is 2.48. The Hall–Kier alpha value is -1.29. The van der Waals surface area contributed by atoms with E-state index in [1.165, 1.54) is 0 Å². The summed E-state index contributed by atoms with van der Waals surface area (Å²) >= 11 is 0. The molecule has 0 aromatic carbocycles. The largest absolute Gasteiger partial charge is 0.566 e. The Morgan fingerprint density at radius 2 is 2.04 bits per heavy atom. The van der Waals surface area contributed by atoms with Crippen LogP contribution >= 0.6 is 8.17 Å². The number of rotatable bonds is 5. The third-order valence-corrected chi connectivity index (χ3v) is 3.77. The van der Waals surface area contributed by atoms with Gasteiger partial charge in [0.15, 0.2) is 6.29 Å². The van der Waals surface area contributed by atoms with Crippen LogP contribution in [0.4, 0.5) is 0 Å². The lowest BCUT2D eigenvalue weighted by Gasteiger charge is -2.30. The number of aldehydes is 1. The standard InChI is InChI=1S/C10H11B2N2O8P/c11-10(12,22-23(18,19)20)6-1-2-7(21-6)14-3-5(4-15)8(16)13-9(14)17/h3-4,6-7,18-20H,1-2H2/p+1. The summed E-state index contributed by atoms with van der Waals surface area (Å²) < 4.78 is 10.8. The number of H-pyrrole nitrogens is 1. The molecule has 13 heteroatoms. The van der Waals surface area contributed by atoms with Crippen LogP contribution in [0.25, 0.3) is 0 Å². The van der Waals surface area contributed by atoms with E-state index in [0.29, 0.717) is 0 Å². The Kier molecular flexibility index (Phi) is 4.95. The summed E-state index contributed by atoms with van der Waals surface area (Å²) in [4.78, 5) is 62.5. The van der Waals surface area contributed by atoms with Crippen LogP contribution in [0.2, 0.25) is 0 Å². The molecule has 0 aliphatic carbocycles. The van der Waals surface area contributed by atoms with Crippen molar-refractivity contribution in [1.82, 2.24) is 9.55 Å². The first-order valence-electron chi connectivity index (χ1n) is 6.35. The van der Waals surface area contributed by atoms with Crippen molar-refractivity contribution in [1.29, 1.82) is 0 Å². The SMILES string of the molecule is [B]C([B])(O[P+](O)(O)O)C1CCC(n2cc(C=O)c(=O)[nH]c2=O)O1. The fraction of sp³-hybridized carbons (Fsp3) is 0.500. The topological polar surface area (TPSA) is 151 Å². The first-order valence-corrected chi connectivity index (χ1v) is 7.92. The van der Waals surface area contributed by atoms with E-state index in [-0.39, 0.29) is 24.7 Å². The third-order valence-electron chi connectivity index (χ3n) is 3.21. The lowest BCUT2D eigenvalue weighted by molar-refractivity contribution is -0.0526. The van der Waals surface area contributed by atoms with Crippen molar-refractivity contribution in [3.05, 3.63) is 32.6 Å². The zero-order chi connectivity index (χ0) is 17.4. The number of carbonyl (C=O) groups excluding carboxylic acids is 1. The van der Waals surface area contributed by atoms with Crippen molar-refractivity contribution in [2.45, 2.75) is 30.6 Å². The molecule has 2 rings (SSSR count). The molecule has 1 aromatic heterocycles. The third kappa shape index (κ3) is 4.17. The molecule has 2 unspecified atom stereocenters. The van der Waals surface area contributed by atoms with E-state index in [9.17, 15) is 14.4 Å². The second kappa shape index (κ2) is 6.31. The van der Waals surface area contributed by atoms with Crippen molar-refractivity contribution >= 4 is 30.1 Å². The van der Waals surface area contributed by atoms with Crippen LogP contribution < -0.4 is 11.2 Å². The second-order valence-corrected chi connectivity index (χ2v) is 6.19. The summed E-state index contributed by atoms with van der Waals surface area (Å²) in [6.45, 7) is 0. The van der Waals surface area contributed by atoms with E-state index in [4.69, 9.17) is 35.1 Å². The molecule has 0 amide bonds. The molecule has 0 saturated carbocycles. The van der Waals surface area contributed by atoms with Crippen molar-refractivity contribution in [2.24, 2.45) is 0 Å². The van der Waals surface area contributed by atoms with Crippen LogP contribution in [0.5, 0.6) is 0 Å². The molecule has 23 heavy (non-hydrogen) atoms. The van der Waals surface area contributed by atoms with E-state index in [1.54, 1.807) is 0 Å². The molecule has 2 heterocycles. The molecular weight excluding hydrogens is 329 g/mol. The Bertz CT molecular complexity index is 712.